The molecule has 3 aromatic rings. The molecule has 0 radical (unpaired) electrons. The van der Waals surface area contributed by atoms with Gasteiger partial charge in [0, 0.05) is 24.0 Å². The smallest absolute Gasteiger partial charge is 0.387 e. The highest BCUT2D eigenvalue weighted by molar-refractivity contribution is 14.0. The molecule has 3 N–H and O–H groups in total. The molecule has 0 aliphatic carbocycles. The zero-order chi connectivity index (χ0) is 22.1. The number of aliphatic imine (C=N–C) groups is 1. The van der Waals surface area contributed by atoms with E-state index in [1.165, 1.54) is 12.1 Å². The van der Waals surface area contributed by atoms with E-state index in [1.807, 2.05) is 42.6 Å². The van der Waals surface area contributed by atoms with Gasteiger partial charge in [-0.2, -0.15) is 8.78 Å². The number of aliphatic hydroxyl groups is 1. The Labute approximate surface area is 206 Å². The van der Waals surface area contributed by atoms with Crippen molar-refractivity contribution in [3.63, 3.8) is 0 Å². The Hall–Kier alpha value is -2.31. The van der Waals surface area contributed by atoms with Gasteiger partial charge >= 0.3 is 6.61 Å². The number of aromatic nitrogens is 1. The molecule has 10 heteroatoms. The number of thiazole rings is 1. The first-order valence-electron chi connectivity index (χ1n) is 9.80. The van der Waals surface area contributed by atoms with Crippen LogP contribution in [-0.4, -0.2) is 35.8 Å². The van der Waals surface area contributed by atoms with Crippen molar-refractivity contribution < 1.29 is 18.6 Å². The molecule has 0 bridgehead atoms. The summed E-state index contributed by atoms with van der Waals surface area (Å²) in [7, 11) is 0. The molecule has 0 amide bonds. The second-order valence-electron chi connectivity index (χ2n) is 6.53. The van der Waals surface area contributed by atoms with Crippen LogP contribution >= 0.6 is 35.3 Å². The summed E-state index contributed by atoms with van der Waals surface area (Å²) in [6.45, 7) is 0.343. The van der Waals surface area contributed by atoms with Crippen molar-refractivity contribution in [2.24, 2.45) is 4.99 Å². The van der Waals surface area contributed by atoms with Crippen molar-refractivity contribution in [3.8, 4) is 17.0 Å². The molecule has 0 saturated carbocycles. The fourth-order valence-corrected chi connectivity index (χ4v) is 3.52. The lowest BCUT2D eigenvalue weighted by atomic mass is 10.1. The number of guanidine groups is 1. The van der Waals surface area contributed by atoms with Crippen molar-refractivity contribution in [2.75, 3.05) is 13.1 Å². The van der Waals surface area contributed by atoms with Crippen LogP contribution < -0.4 is 15.4 Å². The van der Waals surface area contributed by atoms with Gasteiger partial charge in [-0.1, -0.05) is 42.5 Å². The first kappa shape index (κ1) is 25.9. The lowest BCUT2D eigenvalue weighted by Gasteiger charge is -2.16. The third-order valence-corrected chi connectivity index (χ3v) is 5.12. The van der Waals surface area contributed by atoms with Crippen molar-refractivity contribution in [1.82, 2.24) is 15.6 Å². The molecule has 0 spiro atoms. The maximum Gasteiger partial charge on any atom is 0.387 e. The number of ether oxygens (including phenoxy) is 1. The number of nitrogens with one attached hydrogen (secondary N) is 2. The van der Waals surface area contributed by atoms with Crippen LogP contribution in [0.1, 0.15) is 23.6 Å². The van der Waals surface area contributed by atoms with E-state index < -0.39 is 12.7 Å². The Balaban J connectivity index is 0.00000363. The second-order valence-corrected chi connectivity index (χ2v) is 7.47. The van der Waals surface area contributed by atoms with Gasteiger partial charge in [0.05, 0.1) is 18.3 Å². The maximum atomic E-state index is 12.2. The fourth-order valence-electron chi connectivity index (χ4n) is 2.80. The Kier molecular flexibility index (Phi) is 10.8. The van der Waals surface area contributed by atoms with E-state index in [1.54, 1.807) is 23.5 Å². The van der Waals surface area contributed by atoms with Crippen LogP contribution in [0.2, 0.25) is 0 Å². The van der Waals surface area contributed by atoms with Crippen LogP contribution in [0.5, 0.6) is 5.75 Å². The van der Waals surface area contributed by atoms with Crippen molar-refractivity contribution >= 4 is 41.3 Å². The highest BCUT2D eigenvalue weighted by Gasteiger charge is 2.11. The molecule has 6 nitrogen and oxygen atoms in total. The summed E-state index contributed by atoms with van der Waals surface area (Å²) < 4.78 is 28.8. The minimum Gasteiger partial charge on any atom is -0.435 e. The van der Waals surface area contributed by atoms with Crippen molar-refractivity contribution in [2.45, 2.75) is 26.2 Å². The normalized spacial score (nSPS) is 12.2. The van der Waals surface area contributed by atoms with Gasteiger partial charge in [-0.25, -0.2) is 9.98 Å². The van der Waals surface area contributed by atoms with Gasteiger partial charge in [0.15, 0.2) is 5.96 Å². The number of aliphatic hydroxyl groups excluding tert-OH is 1. The Morgan fingerprint density at radius 2 is 1.84 bits per heavy atom. The molecule has 0 aliphatic heterocycles. The van der Waals surface area contributed by atoms with E-state index in [4.69, 9.17) is 0 Å². The number of alkyl halides is 2. The quantitative estimate of drug-likeness (QED) is 0.194. The summed E-state index contributed by atoms with van der Waals surface area (Å²) in [6, 6.07) is 15.9. The average Bonchev–Trinajstić information content (AvgIpc) is 3.25. The summed E-state index contributed by atoms with van der Waals surface area (Å²) in [4.78, 5) is 9.16. The lowest BCUT2D eigenvalue weighted by Crippen LogP contribution is -2.39. The van der Waals surface area contributed by atoms with Crippen LogP contribution in [0.15, 0.2) is 65.0 Å². The minimum absolute atomic E-state index is 0. The molecule has 1 unspecified atom stereocenters. The van der Waals surface area contributed by atoms with Crippen LogP contribution in [0.3, 0.4) is 0 Å². The Morgan fingerprint density at radius 3 is 2.50 bits per heavy atom. The monoisotopic (exact) mass is 574 g/mol. The topological polar surface area (TPSA) is 78.8 Å². The molecule has 0 fully saturated rings. The third kappa shape index (κ3) is 7.99. The number of nitrogens with zero attached hydrogens (tertiary/aromatic N) is 2. The molecular weight excluding hydrogens is 549 g/mol. The van der Waals surface area contributed by atoms with E-state index in [9.17, 15) is 13.9 Å². The Morgan fingerprint density at radius 1 is 1.12 bits per heavy atom. The Bertz CT molecular complexity index is 972. The van der Waals surface area contributed by atoms with Crippen LogP contribution in [0.25, 0.3) is 11.3 Å². The predicted octanol–water partition coefficient (Wildman–Crippen LogP) is 4.82. The molecule has 1 aromatic heterocycles. The van der Waals surface area contributed by atoms with Gasteiger partial charge in [0.25, 0.3) is 0 Å². The molecule has 0 saturated heterocycles. The van der Waals surface area contributed by atoms with Crippen LogP contribution in [0.4, 0.5) is 8.78 Å². The molecule has 172 valence electrons. The standard InChI is InChI=1S/C22H24F2N4O2S.HI/c1-2-25-22(26-12-19(29)16-8-10-17(11-9-16)30-21(23)24)27-13-20-28-18(14-31-20)15-6-4-3-5-7-15;/h3-11,14,19,21,29H,2,12-13H2,1H3,(H2,25,26,27);1H. The van der Waals surface area contributed by atoms with E-state index >= 15 is 0 Å². The van der Waals surface area contributed by atoms with Crippen LogP contribution in [0, 0.1) is 0 Å². The average molecular weight is 574 g/mol. The predicted molar refractivity (Wildman–Crippen MR) is 134 cm³/mol. The molecule has 32 heavy (non-hydrogen) atoms. The van der Waals surface area contributed by atoms with E-state index in [2.05, 4.69) is 25.3 Å². The van der Waals surface area contributed by atoms with Gasteiger partial charge in [0.1, 0.15) is 10.8 Å². The zero-order valence-corrected chi connectivity index (χ0v) is 20.5. The molecule has 1 atom stereocenters. The number of halogens is 3. The van der Waals surface area contributed by atoms with Gasteiger partial charge < -0.3 is 20.5 Å². The summed E-state index contributed by atoms with van der Waals surface area (Å²) >= 11 is 1.54. The SMILES string of the molecule is CCNC(=NCc1nc(-c2ccccc2)cs1)NCC(O)c1ccc(OC(F)F)cc1.I. The minimum atomic E-state index is -2.88. The molecule has 1 heterocycles. The summed E-state index contributed by atoms with van der Waals surface area (Å²) in [5.41, 5.74) is 2.56. The highest BCUT2D eigenvalue weighted by Crippen LogP contribution is 2.22. The van der Waals surface area contributed by atoms with Crippen molar-refractivity contribution in [1.29, 1.82) is 0 Å². The summed E-state index contributed by atoms with van der Waals surface area (Å²) in [5.74, 6) is 0.600. The van der Waals surface area contributed by atoms with E-state index in [0.717, 1.165) is 16.3 Å². The summed E-state index contributed by atoms with van der Waals surface area (Å²) in [5, 5.41) is 19.5. The highest BCUT2D eigenvalue weighted by atomic mass is 127. The number of benzene rings is 2. The van der Waals surface area contributed by atoms with Gasteiger partial charge in [-0.3, -0.25) is 0 Å². The number of rotatable bonds is 9. The largest absolute Gasteiger partial charge is 0.435 e. The van der Waals surface area contributed by atoms with Gasteiger partial charge in [-0.15, -0.1) is 35.3 Å². The van der Waals surface area contributed by atoms with Crippen LogP contribution in [-0.2, 0) is 6.54 Å². The van der Waals surface area contributed by atoms with E-state index in [0.29, 0.717) is 24.6 Å². The molecule has 3 rings (SSSR count). The molecule has 0 aliphatic rings. The number of hydrogen-bond donors (Lipinski definition) is 3. The van der Waals surface area contributed by atoms with E-state index in [-0.39, 0.29) is 36.3 Å². The third-order valence-electron chi connectivity index (χ3n) is 4.29. The van der Waals surface area contributed by atoms with Gasteiger partial charge in [0.2, 0.25) is 0 Å². The maximum absolute atomic E-state index is 12.2. The summed E-state index contributed by atoms with van der Waals surface area (Å²) in [6.07, 6.45) is -0.839. The number of hydrogen-bond acceptors (Lipinski definition) is 5. The zero-order valence-electron chi connectivity index (χ0n) is 17.4. The fraction of sp³-hybridized carbons (Fsp3) is 0.273. The first-order chi connectivity index (χ1) is 15.0. The van der Waals surface area contributed by atoms with Crippen molar-refractivity contribution in [3.05, 3.63) is 70.5 Å². The van der Waals surface area contributed by atoms with Gasteiger partial charge in [-0.05, 0) is 24.6 Å². The molecular formula is C22H25F2IN4O2S. The molecule has 2 aromatic carbocycles. The first-order valence-corrected chi connectivity index (χ1v) is 10.7. The second kappa shape index (κ2) is 13.3. The lowest BCUT2D eigenvalue weighted by molar-refractivity contribution is -0.0498.